The number of pyridine rings is 1. The molecule has 26 heavy (non-hydrogen) atoms. The molecule has 3 rings (SSSR count). The highest BCUT2D eigenvalue weighted by molar-refractivity contribution is 7.17. The molecule has 0 atom stereocenters. The van der Waals surface area contributed by atoms with Gasteiger partial charge in [0.2, 0.25) is 0 Å². The lowest BCUT2D eigenvalue weighted by Crippen LogP contribution is -2.27. The van der Waals surface area contributed by atoms with E-state index in [1.807, 2.05) is 19.9 Å². The third-order valence-electron chi connectivity index (χ3n) is 4.01. The van der Waals surface area contributed by atoms with Crippen LogP contribution in [0.15, 0.2) is 35.1 Å². The van der Waals surface area contributed by atoms with Crippen LogP contribution >= 0.6 is 11.3 Å². The predicted molar refractivity (Wildman–Crippen MR) is 100.0 cm³/mol. The van der Waals surface area contributed by atoms with Crippen LogP contribution < -0.4 is 10.9 Å². The molecule has 0 radical (unpaired) electrons. The number of benzene rings is 1. The summed E-state index contributed by atoms with van der Waals surface area (Å²) in [6.45, 7) is 5.55. The maximum atomic E-state index is 13.1. The van der Waals surface area contributed by atoms with Crippen molar-refractivity contribution in [3.8, 4) is 10.6 Å². The summed E-state index contributed by atoms with van der Waals surface area (Å²) in [6.07, 6.45) is 0. The zero-order valence-corrected chi connectivity index (χ0v) is 15.5. The van der Waals surface area contributed by atoms with Crippen LogP contribution in [-0.4, -0.2) is 15.9 Å². The molecule has 2 N–H and O–H groups in total. The van der Waals surface area contributed by atoms with Crippen LogP contribution in [0.2, 0.25) is 0 Å². The molecule has 2 heterocycles. The molecule has 3 aromatic rings. The molecule has 134 valence electrons. The summed E-state index contributed by atoms with van der Waals surface area (Å²) in [7, 11) is 0. The van der Waals surface area contributed by atoms with Crippen LogP contribution in [0.5, 0.6) is 0 Å². The predicted octanol–water partition coefficient (Wildman–Crippen LogP) is 3.49. The normalized spacial score (nSPS) is 10.8. The number of carbonyl (C=O) groups excluding carboxylic acids is 1. The fourth-order valence-electron chi connectivity index (χ4n) is 2.67. The van der Waals surface area contributed by atoms with Gasteiger partial charge in [-0.25, -0.2) is 9.37 Å². The largest absolute Gasteiger partial charge is 0.347 e. The van der Waals surface area contributed by atoms with E-state index in [1.54, 1.807) is 19.1 Å². The van der Waals surface area contributed by atoms with Crippen molar-refractivity contribution >= 4 is 17.2 Å². The lowest BCUT2D eigenvalue weighted by molar-refractivity contribution is 0.0954. The Labute approximate surface area is 153 Å². The number of rotatable bonds is 4. The summed E-state index contributed by atoms with van der Waals surface area (Å²) in [6, 6.07) is 7.85. The second-order valence-corrected chi connectivity index (χ2v) is 7.07. The monoisotopic (exact) mass is 371 g/mol. The van der Waals surface area contributed by atoms with Crippen LogP contribution in [0.4, 0.5) is 4.39 Å². The molecule has 0 aliphatic carbocycles. The van der Waals surface area contributed by atoms with Crippen molar-refractivity contribution in [1.29, 1.82) is 0 Å². The molecule has 1 aromatic carbocycles. The molecule has 1 amide bonds. The van der Waals surface area contributed by atoms with Gasteiger partial charge in [-0.2, -0.15) is 0 Å². The van der Waals surface area contributed by atoms with Crippen LogP contribution in [0.3, 0.4) is 0 Å². The zero-order valence-electron chi connectivity index (χ0n) is 14.6. The van der Waals surface area contributed by atoms with Crippen molar-refractivity contribution in [3.63, 3.8) is 0 Å². The van der Waals surface area contributed by atoms with Gasteiger partial charge in [-0.15, -0.1) is 11.3 Å². The molecule has 0 fully saturated rings. The van der Waals surface area contributed by atoms with Gasteiger partial charge in [-0.3, -0.25) is 9.59 Å². The van der Waals surface area contributed by atoms with E-state index in [0.717, 1.165) is 16.8 Å². The standard InChI is InChI=1S/C19H18FN3O2S/c1-10-8-11(2)22-17(24)15(10)9-21-18(25)16-12(3)23-19(26-16)13-4-6-14(20)7-5-13/h4-8H,9H2,1-3H3,(H,21,25)(H,22,24). The number of nitrogens with one attached hydrogen (secondary N) is 2. The topological polar surface area (TPSA) is 74.8 Å². The molecule has 0 aliphatic rings. The van der Waals surface area contributed by atoms with E-state index in [4.69, 9.17) is 0 Å². The van der Waals surface area contributed by atoms with E-state index >= 15 is 0 Å². The first kappa shape index (κ1) is 18.0. The average molecular weight is 371 g/mol. The van der Waals surface area contributed by atoms with Crippen LogP contribution in [0.25, 0.3) is 10.6 Å². The van der Waals surface area contributed by atoms with Crippen LogP contribution in [0, 0.1) is 26.6 Å². The molecule has 0 unspecified atom stereocenters. The SMILES string of the molecule is Cc1cc(C)c(CNC(=O)c2sc(-c3ccc(F)cc3)nc2C)c(=O)[nH]1. The maximum Gasteiger partial charge on any atom is 0.263 e. The van der Waals surface area contributed by atoms with Crippen molar-refractivity contribution in [2.75, 3.05) is 0 Å². The average Bonchev–Trinajstić information content (AvgIpc) is 2.96. The Morgan fingerprint density at radius 2 is 1.92 bits per heavy atom. The first-order valence-corrected chi connectivity index (χ1v) is 8.88. The molecule has 0 spiro atoms. The van der Waals surface area contributed by atoms with Gasteiger partial charge in [0.05, 0.1) is 5.69 Å². The second-order valence-electron chi connectivity index (χ2n) is 6.07. The number of amides is 1. The number of aromatic amines is 1. The van der Waals surface area contributed by atoms with Gasteiger partial charge in [0.1, 0.15) is 15.7 Å². The van der Waals surface area contributed by atoms with Crippen molar-refractivity contribution < 1.29 is 9.18 Å². The number of hydrogen-bond acceptors (Lipinski definition) is 4. The first-order valence-electron chi connectivity index (χ1n) is 8.06. The summed E-state index contributed by atoms with van der Waals surface area (Å²) >= 11 is 1.24. The molecule has 5 nitrogen and oxygen atoms in total. The smallest absolute Gasteiger partial charge is 0.263 e. The fourth-order valence-corrected chi connectivity index (χ4v) is 3.66. The number of H-pyrrole nitrogens is 1. The lowest BCUT2D eigenvalue weighted by atomic mass is 10.1. The molecule has 7 heteroatoms. The fraction of sp³-hybridized carbons (Fsp3) is 0.211. The Hall–Kier alpha value is -2.80. The minimum Gasteiger partial charge on any atom is -0.347 e. The van der Waals surface area contributed by atoms with E-state index < -0.39 is 0 Å². The van der Waals surface area contributed by atoms with Gasteiger partial charge in [-0.05, 0) is 56.7 Å². The van der Waals surface area contributed by atoms with E-state index in [2.05, 4.69) is 15.3 Å². The molecule has 0 saturated heterocycles. The Morgan fingerprint density at radius 1 is 1.23 bits per heavy atom. The molecular formula is C19H18FN3O2S. The number of aryl methyl sites for hydroxylation is 3. The Bertz CT molecular complexity index is 1020. The Balaban J connectivity index is 1.79. The van der Waals surface area contributed by atoms with Crippen LogP contribution in [-0.2, 0) is 6.54 Å². The van der Waals surface area contributed by atoms with E-state index in [9.17, 15) is 14.0 Å². The third kappa shape index (κ3) is 3.72. The van der Waals surface area contributed by atoms with Crippen LogP contribution in [0.1, 0.15) is 32.2 Å². The Kier molecular flexibility index (Phi) is 4.99. The van der Waals surface area contributed by atoms with Crippen molar-refractivity contribution in [1.82, 2.24) is 15.3 Å². The molecule has 2 aromatic heterocycles. The van der Waals surface area contributed by atoms with E-state index in [-0.39, 0.29) is 23.8 Å². The summed E-state index contributed by atoms with van der Waals surface area (Å²) in [5.41, 5.74) is 3.30. The number of aromatic nitrogens is 2. The summed E-state index contributed by atoms with van der Waals surface area (Å²) in [5, 5.41) is 3.43. The summed E-state index contributed by atoms with van der Waals surface area (Å²) in [5.74, 6) is -0.605. The van der Waals surface area contributed by atoms with Gasteiger partial charge in [0.15, 0.2) is 0 Å². The van der Waals surface area contributed by atoms with Crippen molar-refractivity contribution in [2.24, 2.45) is 0 Å². The third-order valence-corrected chi connectivity index (χ3v) is 5.22. The zero-order chi connectivity index (χ0) is 18.8. The van der Waals surface area contributed by atoms with Gasteiger partial charge in [0, 0.05) is 23.4 Å². The maximum absolute atomic E-state index is 13.1. The summed E-state index contributed by atoms with van der Waals surface area (Å²) < 4.78 is 13.1. The van der Waals surface area contributed by atoms with Gasteiger partial charge >= 0.3 is 0 Å². The molecular weight excluding hydrogens is 353 g/mol. The van der Waals surface area contributed by atoms with E-state index in [0.29, 0.717) is 21.1 Å². The highest BCUT2D eigenvalue weighted by Gasteiger charge is 2.17. The molecule has 0 saturated carbocycles. The number of carbonyl (C=O) groups is 1. The van der Waals surface area contributed by atoms with Crippen molar-refractivity contribution in [2.45, 2.75) is 27.3 Å². The molecule has 0 aliphatic heterocycles. The minimum atomic E-state index is -0.321. The number of thiazole rings is 1. The van der Waals surface area contributed by atoms with Gasteiger partial charge < -0.3 is 10.3 Å². The summed E-state index contributed by atoms with van der Waals surface area (Å²) in [4.78, 5) is 32.2. The van der Waals surface area contributed by atoms with Gasteiger partial charge in [-0.1, -0.05) is 0 Å². The minimum absolute atomic E-state index is 0.142. The second kappa shape index (κ2) is 7.21. The van der Waals surface area contributed by atoms with Crippen molar-refractivity contribution in [3.05, 3.63) is 73.9 Å². The number of nitrogens with zero attached hydrogens (tertiary/aromatic N) is 1. The quantitative estimate of drug-likeness (QED) is 0.737. The Morgan fingerprint density at radius 3 is 2.58 bits per heavy atom. The number of halogens is 1. The first-order chi connectivity index (χ1) is 12.3. The highest BCUT2D eigenvalue weighted by Crippen LogP contribution is 2.28. The lowest BCUT2D eigenvalue weighted by Gasteiger charge is -2.07. The van der Waals surface area contributed by atoms with Gasteiger partial charge in [0.25, 0.3) is 11.5 Å². The number of hydrogen-bond donors (Lipinski definition) is 2. The molecule has 0 bridgehead atoms. The highest BCUT2D eigenvalue weighted by atomic mass is 32.1. The van der Waals surface area contributed by atoms with E-state index in [1.165, 1.54) is 23.5 Å².